The summed E-state index contributed by atoms with van der Waals surface area (Å²) in [5.41, 5.74) is 7.25. The highest BCUT2D eigenvalue weighted by Gasteiger charge is 2.23. The minimum Gasteiger partial charge on any atom is -0.394 e. The third-order valence-electron chi connectivity index (χ3n) is 3.52. The number of halogens is 1. The van der Waals surface area contributed by atoms with E-state index in [9.17, 15) is 0 Å². The number of nitrogens with zero attached hydrogens (tertiary/aromatic N) is 3. The zero-order valence-electron chi connectivity index (χ0n) is 10.9. The van der Waals surface area contributed by atoms with Gasteiger partial charge in [0, 0.05) is 12.6 Å². The highest BCUT2D eigenvalue weighted by Crippen LogP contribution is 2.22. The van der Waals surface area contributed by atoms with Crippen LogP contribution in [0, 0.1) is 6.92 Å². The smallest absolute Gasteiger partial charge is 0.224 e. The molecule has 100 valence electrons. The first-order valence-corrected chi connectivity index (χ1v) is 6.77. The molecule has 0 radical (unpaired) electrons. The quantitative estimate of drug-likeness (QED) is 0.818. The fourth-order valence-corrected chi connectivity index (χ4v) is 2.65. The van der Waals surface area contributed by atoms with Gasteiger partial charge in [-0.25, -0.2) is 4.98 Å². The van der Waals surface area contributed by atoms with E-state index in [1.54, 1.807) is 0 Å². The van der Waals surface area contributed by atoms with E-state index in [4.69, 9.17) is 17.3 Å². The molecule has 2 heterocycles. The Labute approximate surface area is 113 Å². The highest BCUT2D eigenvalue weighted by molar-refractivity contribution is 6.28. The molecule has 1 fully saturated rings. The Morgan fingerprint density at radius 2 is 2.28 bits per heavy atom. The van der Waals surface area contributed by atoms with Gasteiger partial charge >= 0.3 is 0 Å². The van der Waals surface area contributed by atoms with Crippen LogP contribution in [0.5, 0.6) is 0 Å². The van der Waals surface area contributed by atoms with Crippen molar-refractivity contribution in [2.24, 2.45) is 0 Å². The van der Waals surface area contributed by atoms with Crippen molar-refractivity contribution in [3.05, 3.63) is 11.0 Å². The van der Waals surface area contributed by atoms with Crippen LogP contribution in [0.2, 0.25) is 5.28 Å². The van der Waals surface area contributed by atoms with E-state index in [2.05, 4.69) is 27.1 Å². The van der Waals surface area contributed by atoms with E-state index in [-0.39, 0.29) is 5.28 Å². The van der Waals surface area contributed by atoms with Gasteiger partial charge in [0.1, 0.15) is 0 Å². The van der Waals surface area contributed by atoms with Gasteiger partial charge in [0.15, 0.2) is 5.82 Å². The van der Waals surface area contributed by atoms with E-state index in [0.29, 0.717) is 17.5 Å². The summed E-state index contributed by atoms with van der Waals surface area (Å²) in [6.07, 6.45) is 2.48. The molecule has 0 amide bonds. The van der Waals surface area contributed by atoms with Crippen LogP contribution in [-0.4, -0.2) is 40.5 Å². The van der Waals surface area contributed by atoms with Crippen LogP contribution < -0.4 is 11.1 Å². The summed E-state index contributed by atoms with van der Waals surface area (Å²) in [4.78, 5) is 10.6. The number of likely N-dealkylation sites (tertiary alicyclic amines) is 1. The summed E-state index contributed by atoms with van der Waals surface area (Å²) in [7, 11) is 0. The fourth-order valence-electron chi connectivity index (χ4n) is 2.44. The molecule has 1 aliphatic heterocycles. The second kappa shape index (κ2) is 5.71. The molecule has 2 rings (SSSR count). The SMILES string of the molecule is CCN1CCCC1CNc1nc(Cl)nc(C)c1N. The van der Waals surface area contributed by atoms with Gasteiger partial charge in [0.05, 0.1) is 11.4 Å². The predicted octanol–water partition coefficient (Wildman–Crippen LogP) is 1.92. The zero-order chi connectivity index (χ0) is 13.1. The monoisotopic (exact) mass is 269 g/mol. The lowest BCUT2D eigenvalue weighted by Gasteiger charge is -2.23. The first kappa shape index (κ1) is 13.4. The fraction of sp³-hybridized carbons (Fsp3) is 0.667. The number of aromatic nitrogens is 2. The van der Waals surface area contributed by atoms with Crippen molar-refractivity contribution in [3.8, 4) is 0 Å². The van der Waals surface area contributed by atoms with Crippen molar-refractivity contribution in [2.45, 2.75) is 32.7 Å². The average molecular weight is 270 g/mol. The topological polar surface area (TPSA) is 67.1 Å². The van der Waals surface area contributed by atoms with Crippen LogP contribution in [0.1, 0.15) is 25.5 Å². The van der Waals surface area contributed by atoms with Crippen LogP contribution in [-0.2, 0) is 0 Å². The van der Waals surface area contributed by atoms with Crippen molar-refractivity contribution in [1.82, 2.24) is 14.9 Å². The average Bonchev–Trinajstić information content (AvgIpc) is 2.79. The Morgan fingerprint density at radius 3 is 3.00 bits per heavy atom. The second-order valence-electron chi connectivity index (χ2n) is 4.65. The molecule has 1 aromatic heterocycles. The minimum absolute atomic E-state index is 0.239. The van der Waals surface area contributed by atoms with Gasteiger partial charge in [-0.3, -0.25) is 4.90 Å². The number of nitrogen functional groups attached to an aromatic ring is 1. The van der Waals surface area contributed by atoms with E-state index in [0.717, 1.165) is 18.8 Å². The molecule has 1 aromatic rings. The summed E-state index contributed by atoms with van der Waals surface area (Å²) in [6, 6.07) is 0.559. The first-order valence-electron chi connectivity index (χ1n) is 6.39. The molecule has 5 nitrogen and oxygen atoms in total. The summed E-state index contributed by atoms with van der Waals surface area (Å²) >= 11 is 5.85. The maximum absolute atomic E-state index is 5.94. The summed E-state index contributed by atoms with van der Waals surface area (Å²) in [5, 5.41) is 3.54. The molecule has 0 saturated carbocycles. The molecule has 0 bridgehead atoms. The van der Waals surface area contributed by atoms with E-state index in [1.165, 1.54) is 19.4 Å². The summed E-state index contributed by atoms with van der Waals surface area (Å²) in [6.45, 7) is 7.15. The minimum atomic E-state index is 0.239. The van der Waals surface area contributed by atoms with Crippen molar-refractivity contribution in [2.75, 3.05) is 30.7 Å². The lowest BCUT2D eigenvalue weighted by Crippen LogP contribution is -2.35. The number of likely N-dealkylation sites (N-methyl/N-ethyl adjacent to an activating group) is 1. The Bertz CT molecular complexity index is 423. The van der Waals surface area contributed by atoms with E-state index < -0.39 is 0 Å². The van der Waals surface area contributed by atoms with Gasteiger partial charge in [-0.05, 0) is 44.5 Å². The Morgan fingerprint density at radius 1 is 1.50 bits per heavy atom. The molecule has 1 atom stereocenters. The molecule has 1 saturated heterocycles. The second-order valence-corrected chi connectivity index (χ2v) is 4.98. The summed E-state index contributed by atoms with van der Waals surface area (Å²) < 4.78 is 0. The molecule has 0 aromatic carbocycles. The van der Waals surface area contributed by atoms with Crippen LogP contribution in [0.4, 0.5) is 11.5 Å². The maximum Gasteiger partial charge on any atom is 0.224 e. The van der Waals surface area contributed by atoms with Crippen molar-refractivity contribution in [1.29, 1.82) is 0 Å². The van der Waals surface area contributed by atoms with Gasteiger partial charge in [0.2, 0.25) is 5.28 Å². The number of hydrogen-bond donors (Lipinski definition) is 2. The molecule has 1 unspecified atom stereocenters. The molecule has 0 spiro atoms. The van der Waals surface area contributed by atoms with Crippen LogP contribution in [0.3, 0.4) is 0 Å². The molecule has 18 heavy (non-hydrogen) atoms. The van der Waals surface area contributed by atoms with E-state index in [1.807, 2.05) is 6.92 Å². The van der Waals surface area contributed by atoms with Gasteiger partial charge in [0.25, 0.3) is 0 Å². The Kier molecular flexibility index (Phi) is 4.24. The number of nitrogens with two attached hydrogens (primary N) is 1. The molecular formula is C12H20ClN5. The lowest BCUT2D eigenvalue weighted by atomic mass is 10.2. The maximum atomic E-state index is 5.94. The molecule has 6 heteroatoms. The summed E-state index contributed by atoms with van der Waals surface area (Å²) in [5.74, 6) is 0.649. The molecule has 0 aliphatic carbocycles. The van der Waals surface area contributed by atoms with Gasteiger partial charge in [-0.15, -0.1) is 0 Å². The first-order chi connectivity index (χ1) is 8.61. The molecular weight excluding hydrogens is 250 g/mol. The number of rotatable bonds is 4. The van der Waals surface area contributed by atoms with Crippen molar-refractivity contribution < 1.29 is 0 Å². The van der Waals surface area contributed by atoms with Gasteiger partial charge in [-0.1, -0.05) is 6.92 Å². The third kappa shape index (κ3) is 2.84. The van der Waals surface area contributed by atoms with Crippen LogP contribution >= 0.6 is 11.6 Å². The number of aryl methyl sites for hydroxylation is 1. The van der Waals surface area contributed by atoms with Gasteiger partial charge < -0.3 is 11.1 Å². The zero-order valence-corrected chi connectivity index (χ0v) is 11.7. The number of nitrogens with one attached hydrogen (secondary N) is 1. The Hall–Kier alpha value is -1.07. The predicted molar refractivity (Wildman–Crippen MR) is 75.0 cm³/mol. The lowest BCUT2D eigenvalue weighted by molar-refractivity contribution is 0.277. The molecule has 3 N–H and O–H groups in total. The molecule has 1 aliphatic rings. The normalized spacial score (nSPS) is 20.3. The Balaban J connectivity index is 2.02. The number of anilines is 2. The van der Waals surface area contributed by atoms with Crippen molar-refractivity contribution in [3.63, 3.8) is 0 Å². The van der Waals surface area contributed by atoms with Crippen LogP contribution in [0.15, 0.2) is 0 Å². The van der Waals surface area contributed by atoms with Gasteiger partial charge in [-0.2, -0.15) is 4.98 Å². The van der Waals surface area contributed by atoms with E-state index >= 15 is 0 Å². The van der Waals surface area contributed by atoms with Crippen molar-refractivity contribution >= 4 is 23.1 Å². The third-order valence-corrected chi connectivity index (χ3v) is 3.69. The number of hydrogen-bond acceptors (Lipinski definition) is 5. The standard InChI is InChI=1S/C12H20ClN5/c1-3-18-6-4-5-9(18)7-15-11-10(14)8(2)16-12(13)17-11/h9H,3-7,14H2,1-2H3,(H,15,16,17). The highest BCUT2D eigenvalue weighted by atomic mass is 35.5. The largest absolute Gasteiger partial charge is 0.394 e. The van der Waals surface area contributed by atoms with Crippen LogP contribution in [0.25, 0.3) is 0 Å².